The van der Waals surface area contributed by atoms with Gasteiger partial charge in [-0.1, -0.05) is 19.1 Å². The van der Waals surface area contributed by atoms with Crippen molar-refractivity contribution in [2.45, 2.75) is 26.2 Å². The van der Waals surface area contributed by atoms with Crippen molar-refractivity contribution in [1.82, 2.24) is 5.32 Å². The number of nitrogens with one attached hydrogen (secondary N) is 1. The summed E-state index contributed by atoms with van der Waals surface area (Å²) in [6.45, 7) is 6.67. The molecule has 2 heterocycles. The third kappa shape index (κ3) is 2.83. The summed E-state index contributed by atoms with van der Waals surface area (Å²) in [5.41, 5.74) is 11.2. The lowest BCUT2D eigenvalue weighted by Gasteiger charge is -2.33. The Morgan fingerprint density at radius 2 is 2.05 bits per heavy atom. The van der Waals surface area contributed by atoms with Crippen LogP contribution in [0, 0.1) is 5.92 Å². The van der Waals surface area contributed by atoms with E-state index in [2.05, 4.69) is 41.4 Å². The lowest BCUT2D eigenvalue weighted by atomic mass is 9.96. The zero-order chi connectivity index (χ0) is 13.9. The van der Waals surface area contributed by atoms with Gasteiger partial charge in [0.2, 0.25) is 0 Å². The Labute approximate surface area is 121 Å². The van der Waals surface area contributed by atoms with Crippen LogP contribution in [0.1, 0.15) is 31.7 Å². The van der Waals surface area contributed by atoms with Crippen molar-refractivity contribution in [2.24, 2.45) is 5.92 Å². The molecule has 0 atom stereocenters. The largest absolute Gasteiger partial charge is 0.397 e. The van der Waals surface area contributed by atoms with Gasteiger partial charge in [0.1, 0.15) is 0 Å². The Morgan fingerprint density at radius 3 is 2.75 bits per heavy atom. The molecule has 2 aliphatic rings. The highest BCUT2D eigenvalue weighted by Gasteiger charge is 2.18. The van der Waals surface area contributed by atoms with Crippen LogP contribution in [0.4, 0.5) is 11.4 Å². The van der Waals surface area contributed by atoms with E-state index < -0.39 is 0 Å². The molecule has 0 aromatic heterocycles. The maximum Gasteiger partial charge on any atom is 0.0606 e. The van der Waals surface area contributed by atoms with Gasteiger partial charge in [-0.25, -0.2) is 0 Å². The van der Waals surface area contributed by atoms with Crippen molar-refractivity contribution in [3.8, 4) is 0 Å². The van der Waals surface area contributed by atoms with Gasteiger partial charge in [-0.05, 0) is 55.0 Å². The van der Waals surface area contributed by atoms with E-state index in [0.717, 1.165) is 44.2 Å². The summed E-state index contributed by atoms with van der Waals surface area (Å²) in [6, 6.07) is 6.54. The van der Waals surface area contributed by atoms with Gasteiger partial charge < -0.3 is 16.0 Å². The first-order valence-corrected chi connectivity index (χ1v) is 7.78. The number of piperidine rings is 1. The molecule has 108 valence electrons. The van der Waals surface area contributed by atoms with Crippen LogP contribution in [0.15, 0.2) is 24.3 Å². The van der Waals surface area contributed by atoms with Gasteiger partial charge in [0.15, 0.2) is 0 Å². The molecule has 3 heteroatoms. The molecular formula is C17H25N3. The van der Waals surface area contributed by atoms with Crippen LogP contribution in [0.25, 0.3) is 5.57 Å². The Hall–Kier alpha value is -1.48. The highest BCUT2D eigenvalue weighted by molar-refractivity contribution is 5.76. The van der Waals surface area contributed by atoms with Crippen LogP contribution in [-0.4, -0.2) is 26.2 Å². The van der Waals surface area contributed by atoms with Crippen molar-refractivity contribution in [3.05, 3.63) is 29.8 Å². The zero-order valence-corrected chi connectivity index (χ0v) is 12.4. The Morgan fingerprint density at radius 1 is 1.25 bits per heavy atom. The number of anilines is 2. The molecule has 20 heavy (non-hydrogen) atoms. The van der Waals surface area contributed by atoms with Crippen molar-refractivity contribution < 1.29 is 0 Å². The molecule has 2 aliphatic heterocycles. The predicted octanol–water partition coefficient (Wildman–Crippen LogP) is 2.88. The monoisotopic (exact) mass is 271 g/mol. The summed E-state index contributed by atoms with van der Waals surface area (Å²) in [5, 5.41) is 3.37. The van der Waals surface area contributed by atoms with Gasteiger partial charge >= 0.3 is 0 Å². The van der Waals surface area contributed by atoms with Crippen molar-refractivity contribution >= 4 is 16.9 Å². The quantitative estimate of drug-likeness (QED) is 0.813. The maximum absolute atomic E-state index is 6.21. The number of hydrogen-bond donors (Lipinski definition) is 2. The Bertz CT molecular complexity index is 499. The van der Waals surface area contributed by atoms with E-state index in [0.29, 0.717) is 0 Å². The van der Waals surface area contributed by atoms with Crippen LogP contribution in [0.2, 0.25) is 0 Å². The summed E-state index contributed by atoms with van der Waals surface area (Å²) < 4.78 is 0. The smallest absolute Gasteiger partial charge is 0.0606 e. The minimum absolute atomic E-state index is 0.850. The van der Waals surface area contributed by atoms with E-state index >= 15 is 0 Å². The number of hydrogen-bond acceptors (Lipinski definition) is 3. The summed E-state index contributed by atoms with van der Waals surface area (Å²) in [5.74, 6) is 0.850. The molecule has 3 N–H and O–H groups in total. The standard InChI is InChI=1S/C17H25N3/c1-13-6-10-20(11-7-13)17-12-15(2-3-16(17)18)14-4-8-19-9-5-14/h2-4,12-13,19H,5-11,18H2,1H3. The van der Waals surface area contributed by atoms with Gasteiger partial charge in [-0.3, -0.25) is 0 Å². The number of nitrogens with two attached hydrogens (primary N) is 1. The van der Waals surface area contributed by atoms with E-state index in [1.54, 1.807) is 0 Å². The maximum atomic E-state index is 6.21. The average molecular weight is 271 g/mol. The first-order chi connectivity index (χ1) is 9.74. The molecule has 0 saturated carbocycles. The van der Waals surface area contributed by atoms with E-state index in [1.807, 2.05) is 0 Å². The molecule has 1 aromatic rings. The second kappa shape index (κ2) is 5.88. The van der Waals surface area contributed by atoms with Gasteiger partial charge in [0.25, 0.3) is 0 Å². The first-order valence-electron chi connectivity index (χ1n) is 7.78. The lowest BCUT2D eigenvalue weighted by Crippen LogP contribution is -2.33. The number of nitrogen functional groups attached to an aromatic ring is 1. The second-order valence-corrected chi connectivity index (χ2v) is 6.13. The molecular weight excluding hydrogens is 246 g/mol. The Kier molecular flexibility index (Phi) is 3.97. The van der Waals surface area contributed by atoms with Crippen molar-refractivity contribution in [2.75, 3.05) is 36.8 Å². The van der Waals surface area contributed by atoms with Crippen LogP contribution in [0.3, 0.4) is 0 Å². The number of rotatable bonds is 2. The fourth-order valence-electron chi connectivity index (χ4n) is 3.15. The summed E-state index contributed by atoms with van der Waals surface area (Å²) in [7, 11) is 0. The van der Waals surface area contributed by atoms with Crippen molar-refractivity contribution in [1.29, 1.82) is 0 Å². The van der Waals surface area contributed by atoms with Crippen LogP contribution < -0.4 is 16.0 Å². The summed E-state index contributed by atoms with van der Waals surface area (Å²) in [4.78, 5) is 2.46. The third-order valence-corrected chi connectivity index (χ3v) is 4.59. The molecule has 1 fully saturated rings. The average Bonchev–Trinajstić information content (AvgIpc) is 2.50. The fourth-order valence-corrected chi connectivity index (χ4v) is 3.15. The molecule has 1 saturated heterocycles. The molecule has 0 bridgehead atoms. The highest BCUT2D eigenvalue weighted by atomic mass is 15.1. The predicted molar refractivity (Wildman–Crippen MR) is 86.9 cm³/mol. The number of nitrogens with zero attached hydrogens (tertiary/aromatic N) is 1. The van der Waals surface area contributed by atoms with E-state index in [9.17, 15) is 0 Å². The zero-order valence-electron chi connectivity index (χ0n) is 12.4. The molecule has 0 amide bonds. The van der Waals surface area contributed by atoms with Gasteiger partial charge in [-0.15, -0.1) is 0 Å². The topological polar surface area (TPSA) is 41.3 Å². The first kappa shape index (κ1) is 13.5. The molecule has 0 aliphatic carbocycles. The molecule has 3 rings (SSSR count). The molecule has 1 aromatic carbocycles. The minimum atomic E-state index is 0.850. The highest BCUT2D eigenvalue weighted by Crippen LogP contribution is 2.32. The van der Waals surface area contributed by atoms with Crippen LogP contribution in [0.5, 0.6) is 0 Å². The van der Waals surface area contributed by atoms with Crippen LogP contribution >= 0.6 is 0 Å². The van der Waals surface area contributed by atoms with Gasteiger partial charge in [0.05, 0.1) is 11.4 Å². The van der Waals surface area contributed by atoms with Gasteiger partial charge in [0, 0.05) is 19.6 Å². The third-order valence-electron chi connectivity index (χ3n) is 4.59. The van der Waals surface area contributed by atoms with Gasteiger partial charge in [-0.2, -0.15) is 0 Å². The second-order valence-electron chi connectivity index (χ2n) is 6.13. The molecule has 0 unspecified atom stereocenters. The van der Waals surface area contributed by atoms with E-state index in [1.165, 1.54) is 29.7 Å². The normalized spacial score (nSPS) is 20.9. The van der Waals surface area contributed by atoms with E-state index in [-0.39, 0.29) is 0 Å². The SMILES string of the molecule is CC1CCN(c2cc(C3=CCNCC3)ccc2N)CC1. The summed E-state index contributed by atoms with van der Waals surface area (Å²) >= 11 is 0. The fraction of sp³-hybridized carbons (Fsp3) is 0.529. The van der Waals surface area contributed by atoms with E-state index in [4.69, 9.17) is 5.73 Å². The minimum Gasteiger partial charge on any atom is -0.397 e. The van der Waals surface area contributed by atoms with Crippen molar-refractivity contribution in [3.63, 3.8) is 0 Å². The lowest BCUT2D eigenvalue weighted by molar-refractivity contribution is 0.438. The Balaban J connectivity index is 1.85. The molecule has 0 radical (unpaired) electrons. The molecule has 0 spiro atoms. The summed E-state index contributed by atoms with van der Waals surface area (Å²) in [6.07, 6.45) is 5.96. The number of benzene rings is 1. The molecule has 3 nitrogen and oxygen atoms in total. The van der Waals surface area contributed by atoms with Crippen LogP contribution in [-0.2, 0) is 0 Å².